The first-order valence-electron chi connectivity index (χ1n) is 6.03. The van der Waals surface area contributed by atoms with Gasteiger partial charge >= 0.3 is 5.97 Å². The highest BCUT2D eigenvalue weighted by Crippen LogP contribution is 2.21. The van der Waals surface area contributed by atoms with E-state index in [-0.39, 0.29) is 11.9 Å². The van der Waals surface area contributed by atoms with E-state index in [9.17, 15) is 9.59 Å². The van der Waals surface area contributed by atoms with E-state index in [2.05, 4.69) is 0 Å². The van der Waals surface area contributed by atoms with E-state index in [4.69, 9.17) is 4.74 Å². The summed E-state index contributed by atoms with van der Waals surface area (Å²) >= 11 is 0. The smallest absolute Gasteiger partial charge is 0.318 e. The molecule has 0 radical (unpaired) electrons. The molecule has 0 aromatic heterocycles. The fourth-order valence-electron chi connectivity index (χ4n) is 1.75. The Kier molecular flexibility index (Phi) is 4.08. The number of para-hydroxylation sites is 1. The molecule has 2 aromatic carbocycles. The van der Waals surface area contributed by atoms with Crippen LogP contribution in [0.1, 0.15) is 28.8 Å². The van der Waals surface area contributed by atoms with Crippen molar-refractivity contribution in [2.24, 2.45) is 0 Å². The Bertz CT molecular complexity index is 576. The van der Waals surface area contributed by atoms with E-state index in [1.807, 2.05) is 30.3 Å². The van der Waals surface area contributed by atoms with E-state index in [1.54, 1.807) is 31.2 Å². The predicted octanol–water partition coefficient (Wildman–Crippen LogP) is 3.21. The molecule has 0 aliphatic heterocycles. The summed E-state index contributed by atoms with van der Waals surface area (Å²) in [5.41, 5.74) is 1.26. The van der Waals surface area contributed by atoms with Gasteiger partial charge < -0.3 is 4.74 Å². The van der Waals surface area contributed by atoms with Crippen LogP contribution in [-0.2, 0) is 4.79 Å². The molecule has 3 heteroatoms. The van der Waals surface area contributed by atoms with Crippen molar-refractivity contribution in [3.8, 4) is 5.75 Å². The van der Waals surface area contributed by atoms with E-state index < -0.39 is 0 Å². The van der Waals surface area contributed by atoms with Gasteiger partial charge in [0.25, 0.3) is 0 Å². The molecule has 0 fully saturated rings. The highest BCUT2D eigenvalue weighted by atomic mass is 16.5. The van der Waals surface area contributed by atoms with Gasteiger partial charge in [-0.3, -0.25) is 9.59 Å². The second kappa shape index (κ2) is 5.96. The Morgan fingerprint density at radius 3 is 2.37 bits per heavy atom. The van der Waals surface area contributed by atoms with Gasteiger partial charge in [0, 0.05) is 0 Å². The van der Waals surface area contributed by atoms with E-state index in [1.165, 1.54) is 0 Å². The molecule has 0 spiro atoms. The molecule has 96 valence electrons. The Balaban J connectivity index is 2.15. The molecule has 0 saturated heterocycles. The number of aldehydes is 1. The maximum atomic E-state index is 12.0. The van der Waals surface area contributed by atoms with Crippen LogP contribution in [-0.4, -0.2) is 12.3 Å². The largest absolute Gasteiger partial charge is 0.425 e. The van der Waals surface area contributed by atoms with Crippen LogP contribution in [0, 0.1) is 0 Å². The van der Waals surface area contributed by atoms with Gasteiger partial charge in [0.2, 0.25) is 0 Å². The molecule has 2 aromatic rings. The van der Waals surface area contributed by atoms with Gasteiger partial charge in [-0.1, -0.05) is 42.5 Å². The van der Waals surface area contributed by atoms with Gasteiger partial charge in [0.15, 0.2) is 6.29 Å². The molecule has 0 bridgehead atoms. The first-order valence-corrected chi connectivity index (χ1v) is 6.03. The average Bonchev–Trinajstić information content (AvgIpc) is 2.48. The topological polar surface area (TPSA) is 43.4 Å². The highest BCUT2D eigenvalue weighted by molar-refractivity contribution is 5.84. The van der Waals surface area contributed by atoms with Crippen molar-refractivity contribution in [3.63, 3.8) is 0 Å². The summed E-state index contributed by atoms with van der Waals surface area (Å²) in [4.78, 5) is 22.9. The summed E-state index contributed by atoms with van der Waals surface area (Å²) in [7, 11) is 0. The van der Waals surface area contributed by atoms with Crippen molar-refractivity contribution < 1.29 is 14.3 Å². The maximum Gasteiger partial charge on any atom is 0.318 e. The lowest BCUT2D eigenvalue weighted by Gasteiger charge is -2.12. The van der Waals surface area contributed by atoms with Crippen molar-refractivity contribution in [2.45, 2.75) is 12.8 Å². The minimum atomic E-state index is -0.375. The Hall–Kier alpha value is -2.42. The first-order chi connectivity index (χ1) is 9.22. The summed E-state index contributed by atoms with van der Waals surface area (Å²) in [6.45, 7) is 1.78. The van der Waals surface area contributed by atoms with E-state index in [0.29, 0.717) is 17.6 Å². The number of carbonyl (C=O) groups excluding carboxylic acids is 2. The molecule has 0 amide bonds. The average molecular weight is 254 g/mol. The SMILES string of the molecule is CC(C(=O)Oc1ccccc1C=O)c1ccccc1. The number of ether oxygens (including phenoxy) is 1. The van der Waals surface area contributed by atoms with Crippen molar-refractivity contribution in [3.05, 3.63) is 65.7 Å². The highest BCUT2D eigenvalue weighted by Gasteiger charge is 2.18. The number of carbonyl (C=O) groups is 2. The molecule has 0 aliphatic carbocycles. The standard InChI is InChI=1S/C16H14O3/c1-12(13-7-3-2-4-8-13)16(18)19-15-10-6-5-9-14(15)11-17/h2-12H,1H3. The molecule has 2 rings (SSSR count). The predicted molar refractivity (Wildman–Crippen MR) is 72.3 cm³/mol. The third kappa shape index (κ3) is 3.07. The normalized spacial score (nSPS) is 11.6. The van der Waals surface area contributed by atoms with Crippen molar-refractivity contribution >= 4 is 12.3 Å². The third-order valence-electron chi connectivity index (χ3n) is 2.91. The van der Waals surface area contributed by atoms with Crippen LogP contribution in [0.3, 0.4) is 0 Å². The number of rotatable bonds is 4. The lowest BCUT2D eigenvalue weighted by Crippen LogP contribution is -2.16. The van der Waals surface area contributed by atoms with Gasteiger partial charge in [-0.25, -0.2) is 0 Å². The second-order valence-corrected chi connectivity index (χ2v) is 4.21. The molecule has 19 heavy (non-hydrogen) atoms. The monoisotopic (exact) mass is 254 g/mol. The lowest BCUT2D eigenvalue weighted by molar-refractivity contribution is -0.135. The molecule has 0 heterocycles. The number of esters is 1. The molecular formula is C16H14O3. The summed E-state index contributed by atoms with van der Waals surface area (Å²) < 4.78 is 5.28. The minimum absolute atomic E-state index is 0.297. The molecule has 1 unspecified atom stereocenters. The molecule has 1 atom stereocenters. The van der Waals surface area contributed by atoms with Gasteiger partial charge in [-0.15, -0.1) is 0 Å². The zero-order valence-electron chi connectivity index (χ0n) is 10.6. The van der Waals surface area contributed by atoms with Crippen LogP contribution in [0.5, 0.6) is 5.75 Å². The summed E-state index contributed by atoms with van der Waals surface area (Å²) in [5, 5.41) is 0. The van der Waals surface area contributed by atoms with Crippen LogP contribution in [0.2, 0.25) is 0 Å². The summed E-state index contributed by atoms with van der Waals surface area (Å²) in [5.74, 6) is -0.452. The molecule has 0 N–H and O–H groups in total. The van der Waals surface area contributed by atoms with Crippen LogP contribution in [0.25, 0.3) is 0 Å². The van der Waals surface area contributed by atoms with Crippen LogP contribution in [0.4, 0.5) is 0 Å². The maximum absolute atomic E-state index is 12.0. The Morgan fingerprint density at radius 1 is 1.05 bits per heavy atom. The number of benzene rings is 2. The summed E-state index contributed by atoms with van der Waals surface area (Å²) in [6.07, 6.45) is 0.676. The molecule has 0 saturated carbocycles. The molecular weight excluding hydrogens is 240 g/mol. The van der Waals surface area contributed by atoms with Gasteiger partial charge in [-0.05, 0) is 24.6 Å². The number of hydrogen-bond donors (Lipinski definition) is 0. The lowest BCUT2D eigenvalue weighted by atomic mass is 10.0. The Labute approximate surface area is 111 Å². The molecule has 0 aliphatic rings. The Morgan fingerprint density at radius 2 is 1.68 bits per heavy atom. The van der Waals surface area contributed by atoms with Gasteiger partial charge in [-0.2, -0.15) is 0 Å². The fourth-order valence-corrected chi connectivity index (χ4v) is 1.75. The van der Waals surface area contributed by atoms with Crippen LogP contribution < -0.4 is 4.74 Å². The minimum Gasteiger partial charge on any atom is -0.425 e. The van der Waals surface area contributed by atoms with Gasteiger partial charge in [0.05, 0.1) is 11.5 Å². The number of hydrogen-bond acceptors (Lipinski definition) is 3. The third-order valence-corrected chi connectivity index (χ3v) is 2.91. The summed E-state index contributed by atoms with van der Waals surface area (Å²) in [6, 6.07) is 16.1. The quantitative estimate of drug-likeness (QED) is 0.478. The molecule has 3 nitrogen and oxygen atoms in total. The van der Waals surface area contributed by atoms with Crippen molar-refractivity contribution in [2.75, 3.05) is 0 Å². The fraction of sp³-hybridized carbons (Fsp3) is 0.125. The van der Waals surface area contributed by atoms with Crippen LogP contribution >= 0.6 is 0 Å². The van der Waals surface area contributed by atoms with Crippen molar-refractivity contribution in [1.82, 2.24) is 0 Å². The van der Waals surface area contributed by atoms with E-state index in [0.717, 1.165) is 5.56 Å². The zero-order valence-corrected chi connectivity index (χ0v) is 10.6. The first kappa shape index (κ1) is 13.0. The zero-order chi connectivity index (χ0) is 13.7. The van der Waals surface area contributed by atoms with Crippen LogP contribution in [0.15, 0.2) is 54.6 Å². The van der Waals surface area contributed by atoms with Gasteiger partial charge in [0.1, 0.15) is 5.75 Å². The second-order valence-electron chi connectivity index (χ2n) is 4.21. The van der Waals surface area contributed by atoms with Crippen molar-refractivity contribution in [1.29, 1.82) is 0 Å². The van der Waals surface area contributed by atoms with E-state index >= 15 is 0 Å².